The molecule has 0 bridgehead atoms. The molecule has 199 valence electrons. The predicted molar refractivity (Wildman–Crippen MR) is 158 cm³/mol. The minimum Gasteiger partial charge on any atom is -0.483 e. The third-order valence-corrected chi connectivity index (χ3v) is 6.80. The Kier molecular flexibility index (Phi) is 8.48. The van der Waals surface area contributed by atoms with Gasteiger partial charge in [-0.3, -0.25) is 0 Å². The Morgan fingerprint density at radius 3 is 2.42 bits per heavy atom. The average molecular weight is 700 g/mol. The summed E-state index contributed by atoms with van der Waals surface area (Å²) in [4.78, 5) is 4.32. The van der Waals surface area contributed by atoms with Crippen LogP contribution < -0.4 is 4.58 Å². The molecule has 0 amide bonds. The number of rotatable bonds is 5. The average Bonchev–Trinajstić information content (AvgIpc) is 3.55. The van der Waals surface area contributed by atoms with E-state index in [0.29, 0.717) is 0 Å². The van der Waals surface area contributed by atoms with Crippen LogP contribution in [0.4, 0.5) is 17.1 Å². The molecule has 0 fully saturated rings. The van der Waals surface area contributed by atoms with Crippen molar-refractivity contribution in [3.63, 3.8) is 0 Å². The SMILES string of the molecule is CCCC[N+]1=C=[N+](c2[c-]cc3c(c2)oc2ccccc23)c2ccccc21.Cc1ccc(-c2[c-]cccc2)nc1.[Ir]. The van der Waals surface area contributed by atoms with Crippen molar-refractivity contribution >= 4 is 45.0 Å². The van der Waals surface area contributed by atoms with Gasteiger partial charge >= 0.3 is 6.01 Å². The van der Waals surface area contributed by atoms with Crippen molar-refractivity contribution in [1.29, 1.82) is 0 Å². The first kappa shape index (κ1) is 27.4. The van der Waals surface area contributed by atoms with Gasteiger partial charge in [-0.15, -0.1) is 42.0 Å². The second-order valence-electron chi connectivity index (χ2n) is 9.62. The van der Waals surface area contributed by atoms with Gasteiger partial charge in [-0.25, -0.2) is 0 Å². The molecule has 7 rings (SSSR count). The molecule has 6 aromatic rings. The predicted octanol–water partition coefficient (Wildman–Crippen LogP) is 8.71. The third kappa shape index (κ3) is 5.59. The minimum atomic E-state index is 0. The summed E-state index contributed by atoms with van der Waals surface area (Å²) in [5.41, 5.74) is 8.27. The zero-order valence-corrected chi connectivity index (χ0v) is 24.9. The molecule has 0 atom stereocenters. The van der Waals surface area contributed by atoms with E-state index in [-0.39, 0.29) is 20.1 Å². The second-order valence-corrected chi connectivity index (χ2v) is 9.62. The Bertz CT molecular complexity index is 1830. The number of aryl methyl sites for hydroxylation is 1. The molecule has 0 saturated heterocycles. The summed E-state index contributed by atoms with van der Waals surface area (Å²) in [6, 6.07) is 42.6. The molecule has 4 aromatic carbocycles. The van der Waals surface area contributed by atoms with E-state index >= 15 is 0 Å². The van der Waals surface area contributed by atoms with Crippen molar-refractivity contribution in [3.05, 3.63) is 121 Å². The maximum atomic E-state index is 6.04. The monoisotopic (exact) mass is 700 g/mol. The van der Waals surface area contributed by atoms with Gasteiger partial charge in [0, 0.05) is 50.4 Å². The maximum Gasteiger partial charge on any atom is 0.494 e. The van der Waals surface area contributed by atoms with Crippen molar-refractivity contribution in [2.45, 2.75) is 26.7 Å². The van der Waals surface area contributed by atoms with Crippen LogP contribution in [0.15, 0.2) is 108 Å². The number of hydrogen-bond acceptors (Lipinski definition) is 2. The fraction of sp³-hybridized carbons (Fsp3) is 0.143. The largest absolute Gasteiger partial charge is 0.494 e. The van der Waals surface area contributed by atoms with Crippen LogP contribution in [0.25, 0.3) is 33.2 Å². The van der Waals surface area contributed by atoms with Gasteiger partial charge in [0.1, 0.15) is 11.3 Å². The van der Waals surface area contributed by atoms with Gasteiger partial charge in [0.25, 0.3) is 11.4 Å². The number of para-hydroxylation sites is 3. The van der Waals surface area contributed by atoms with E-state index in [9.17, 15) is 0 Å². The van der Waals surface area contributed by atoms with Crippen molar-refractivity contribution in [3.8, 4) is 11.3 Å². The molecule has 5 heteroatoms. The van der Waals surface area contributed by atoms with Gasteiger partial charge in [-0.05, 0) is 29.6 Å². The summed E-state index contributed by atoms with van der Waals surface area (Å²) < 4.78 is 10.3. The van der Waals surface area contributed by atoms with Crippen LogP contribution in [0, 0.1) is 19.1 Å². The summed E-state index contributed by atoms with van der Waals surface area (Å²) >= 11 is 0. The second kappa shape index (κ2) is 12.4. The molecule has 0 N–H and O–H groups in total. The molecular formula is C35H29IrN3O. The van der Waals surface area contributed by atoms with Crippen LogP contribution in [0.3, 0.4) is 0 Å². The van der Waals surface area contributed by atoms with E-state index < -0.39 is 0 Å². The van der Waals surface area contributed by atoms with Crippen LogP contribution in [-0.2, 0) is 20.1 Å². The number of unbranched alkanes of at least 4 members (excludes halogenated alkanes) is 1. The summed E-state index contributed by atoms with van der Waals surface area (Å²) in [5.74, 6) is 0. The molecule has 0 aliphatic carbocycles. The van der Waals surface area contributed by atoms with Crippen LogP contribution in [-0.4, -0.2) is 22.1 Å². The Hall–Kier alpha value is -4.14. The summed E-state index contributed by atoms with van der Waals surface area (Å²) in [6.45, 7) is 5.21. The summed E-state index contributed by atoms with van der Waals surface area (Å²) in [6.07, 6.45) is 4.18. The topological polar surface area (TPSA) is 32.0 Å². The quantitative estimate of drug-likeness (QED) is 0.133. The van der Waals surface area contributed by atoms with Crippen LogP contribution >= 0.6 is 0 Å². The molecule has 2 aromatic heterocycles. The van der Waals surface area contributed by atoms with E-state index in [1.165, 1.54) is 11.3 Å². The summed E-state index contributed by atoms with van der Waals surface area (Å²) in [7, 11) is 0. The van der Waals surface area contributed by atoms with Gasteiger partial charge in [0.05, 0.1) is 0 Å². The molecule has 1 aliphatic rings. The standard InChI is InChI=1S/C23H19N2O.C12H10N.Ir/c1-2-3-14-24-16-25(21-10-6-5-9-20(21)24)17-12-13-19-18-8-4-7-11-22(18)26-23(19)15-17;1-10-7-8-12(13-9-10)11-5-3-2-4-6-11;/h4-11,13,15H,2-3,14H2,1H3;2-5,7-9H,1H3;/q+1;-1;. The summed E-state index contributed by atoms with van der Waals surface area (Å²) in [5, 5.41) is 2.23. The molecular weight excluding hydrogens is 671 g/mol. The van der Waals surface area contributed by atoms with Gasteiger partial charge in [0.15, 0.2) is 6.54 Å². The Morgan fingerprint density at radius 2 is 1.65 bits per heavy atom. The Morgan fingerprint density at radius 1 is 0.850 bits per heavy atom. The molecule has 1 aliphatic heterocycles. The maximum absolute atomic E-state index is 6.04. The van der Waals surface area contributed by atoms with Crippen molar-refractivity contribution < 1.29 is 29.1 Å². The first-order valence-corrected chi connectivity index (χ1v) is 13.4. The van der Waals surface area contributed by atoms with Gasteiger partial charge in [-0.1, -0.05) is 76.4 Å². The van der Waals surface area contributed by atoms with Crippen molar-refractivity contribution in [2.75, 3.05) is 6.54 Å². The number of nitrogens with zero attached hydrogens (tertiary/aromatic N) is 3. The zero-order valence-electron chi connectivity index (χ0n) is 22.5. The normalized spacial score (nSPS) is 11.8. The Labute approximate surface area is 248 Å². The molecule has 4 nitrogen and oxygen atoms in total. The zero-order chi connectivity index (χ0) is 26.6. The third-order valence-electron chi connectivity index (χ3n) is 6.80. The van der Waals surface area contributed by atoms with E-state index in [4.69, 9.17) is 4.42 Å². The minimum absolute atomic E-state index is 0. The molecule has 0 spiro atoms. The molecule has 3 heterocycles. The number of hydrogen-bond donors (Lipinski definition) is 0. The van der Waals surface area contributed by atoms with Crippen molar-refractivity contribution in [2.24, 2.45) is 0 Å². The number of aromatic nitrogens is 1. The van der Waals surface area contributed by atoms with Crippen molar-refractivity contribution in [1.82, 2.24) is 9.56 Å². The van der Waals surface area contributed by atoms with Crippen LogP contribution in [0.5, 0.6) is 0 Å². The first-order chi connectivity index (χ1) is 19.2. The van der Waals surface area contributed by atoms with Crippen LogP contribution in [0.2, 0.25) is 0 Å². The van der Waals surface area contributed by atoms with Gasteiger partial charge in [-0.2, -0.15) is 6.07 Å². The van der Waals surface area contributed by atoms with Gasteiger partial charge < -0.3 is 9.40 Å². The fourth-order valence-corrected chi connectivity index (χ4v) is 4.74. The van der Waals surface area contributed by atoms with E-state index in [1.807, 2.05) is 67.7 Å². The van der Waals surface area contributed by atoms with Crippen LogP contribution in [0.1, 0.15) is 25.3 Å². The number of furan rings is 1. The molecule has 40 heavy (non-hydrogen) atoms. The van der Waals surface area contributed by atoms with E-state index in [2.05, 4.69) is 81.7 Å². The molecule has 1 radical (unpaired) electrons. The smallest absolute Gasteiger partial charge is 0.483 e. The molecule has 0 unspecified atom stereocenters. The number of fused-ring (bicyclic) bond motifs is 4. The first-order valence-electron chi connectivity index (χ1n) is 13.4. The fourth-order valence-electron chi connectivity index (χ4n) is 4.74. The van der Waals surface area contributed by atoms with E-state index in [0.717, 1.165) is 64.0 Å². The van der Waals surface area contributed by atoms with E-state index in [1.54, 1.807) is 0 Å². The molecule has 0 saturated carbocycles. The Balaban J connectivity index is 0.000000195. The number of pyridine rings is 1. The number of benzene rings is 4. The van der Waals surface area contributed by atoms with Gasteiger partial charge in [0.2, 0.25) is 0 Å².